The monoisotopic (exact) mass is 264 g/mol. The molecule has 5 nitrogen and oxygen atoms in total. The summed E-state index contributed by atoms with van der Waals surface area (Å²) in [6.45, 7) is 1.78. The molecule has 2 aromatic rings. The Morgan fingerprint density at radius 3 is 2.72 bits per heavy atom. The molecule has 0 saturated heterocycles. The second kappa shape index (κ2) is 5.64. The highest BCUT2D eigenvalue weighted by Crippen LogP contribution is 2.13. The molecule has 1 atom stereocenters. The molecular weight excluding hydrogens is 252 g/mol. The maximum atomic E-state index is 11.6. The predicted molar refractivity (Wildman–Crippen MR) is 69.9 cm³/mol. The zero-order valence-electron chi connectivity index (χ0n) is 9.88. The van der Waals surface area contributed by atoms with Crippen LogP contribution in [-0.4, -0.2) is 26.6 Å². The van der Waals surface area contributed by atoms with Gasteiger partial charge in [-0.2, -0.15) is 5.10 Å². The summed E-state index contributed by atoms with van der Waals surface area (Å²) < 4.78 is 1.65. The highest BCUT2D eigenvalue weighted by molar-refractivity contribution is 6.19. The normalized spacial score (nSPS) is 12.1. The van der Waals surface area contributed by atoms with Crippen molar-refractivity contribution in [1.29, 1.82) is 0 Å². The lowest BCUT2D eigenvalue weighted by Gasteiger charge is -2.09. The first kappa shape index (κ1) is 12.6. The summed E-state index contributed by atoms with van der Waals surface area (Å²) in [5.41, 5.74) is 1.62. The van der Waals surface area contributed by atoms with E-state index in [1.165, 1.54) is 6.33 Å². The zero-order chi connectivity index (χ0) is 13.0. The van der Waals surface area contributed by atoms with E-state index in [4.69, 9.17) is 11.6 Å². The van der Waals surface area contributed by atoms with Gasteiger partial charge in [0.05, 0.1) is 5.69 Å². The molecule has 2 rings (SSSR count). The van der Waals surface area contributed by atoms with E-state index in [1.807, 2.05) is 24.3 Å². The molecule has 0 aliphatic carbocycles. The predicted octanol–water partition coefficient (Wildman–Crippen LogP) is 2.08. The summed E-state index contributed by atoms with van der Waals surface area (Å²) in [7, 11) is 0. The number of nitrogens with one attached hydrogen (secondary N) is 1. The minimum absolute atomic E-state index is 0.0847. The fourth-order valence-electron chi connectivity index (χ4n) is 1.37. The minimum Gasteiger partial charge on any atom is -0.326 e. The molecule has 0 aliphatic rings. The molecule has 0 spiro atoms. The minimum atomic E-state index is -0.207. The lowest BCUT2D eigenvalue weighted by atomic mass is 10.2. The van der Waals surface area contributed by atoms with Crippen molar-refractivity contribution in [1.82, 2.24) is 14.8 Å². The molecule has 0 fully saturated rings. The molecule has 6 heteroatoms. The van der Waals surface area contributed by atoms with Gasteiger partial charge in [-0.25, -0.2) is 9.67 Å². The van der Waals surface area contributed by atoms with Crippen molar-refractivity contribution < 1.29 is 4.79 Å². The van der Waals surface area contributed by atoms with Crippen LogP contribution in [0.4, 0.5) is 5.69 Å². The summed E-state index contributed by atoms with van der Waals surface area (Å²) in [4.78, 5) is 15.5. The number of alkyl halides is 1. The quantitative estimate of drug-likeness (QED) is 0.860. The van der Waals surface area contributed by atoms with Crippen molar-refractivity contribution in [3.63, 3.8) is 0 Å². The largest absolute Gasteiger partial charge is 0.326 e. The summed E-state index contributed by atoms with van der Waals surface area (Å²) in [5, 5.41) is 6.82. The molecule has 1 N–H and O–H groups in total. The van der Waals surface area contributed by atoms with Crippen molar-refractivity contribution in [3.05, 3.63) is 36.9 Å². The van der Waals surface area contributed by atoms with Crippen LogP contribution in [0, 0.1) is 5.92 Å². The number of amides is 1. The van der Waals surface area contributed by atoms with E-state index in [-0.39, 0.29) is 11.8 Å². The molecule has 0 aliphatic heterocycles. The van der Waals surface area contributed by atoms with E-state index in [9.17, 15) is 4.79 Å². The van der Waals surface area contributed by atoms with E-state index < -0.39 is 0 Å². The number of rotatable bonds is 4. The van der Waals surface area contributed by atoms with E-state index >= 15 is 0 Å². The number of benzene rings is 1. The van der Waals surface area contributed by atoms with Gasteiger partial charge >= 0.3 is 0 Å². The second-order valence-electron chi connectivity index (χ2n) is 3.93. The highest BCUT2D eigenvalue weighted by Gasteiger charge is 2.11. The molecular formula is C12H13ClN4O. The van der Waals surface area contributed by atoms with Gasteiger partial charge < -0.3 is 5.32 Å². The van der Waals surface area contributed by atoms with Gasteiger partial charge in [0.2, 0.25) is 5.91 Å². The lowest BCUT2D eigenvalue weighted by molar-refractivity contribution is -0.118. The topological polar surface area (TPSA) is 59.8 Å². The molecule has 1 heterocycles. The van der Waals surface area contributed by atoms with Gasteiger partial charge in [-0.3, -0.25) is 4.79 Å². The van der Waals surface area contributed by atoms with Crippen molar-refractivity contribution in [2.45, 2.75) is 6.92 Å². The van der Waals surface area contributed by atoms with Crippen molar-refractivity contribution in [2.75, 3.05) is 11.2 Å². The van der Waals surface area contributed by atoms with Crippen molar-refractivity contribution >= 4 is 23.2 Å². The van der Waals surface area contributed by atoms with E-state index in [0.717, 1.165) is 11.4 Å². The van der Waals surface area contributed by atoms with Crippen LogP contribution in [0.5, 0.6) is 0 Å². The molecule has 18 heavy (non-hydrogen) atoms. The van der Waals surface area contributed by atoms with Gasteiger partial charge in [0.1, 0.15) is 12.7 Å². The van der Waals surface area contributed by atoms with E-state index in [0.29, 0.717) is 5.88 Å². The van der Waals surface area contributed by atoms with Crippen molar-refractivity contribution in [2.24, 2.45) is 5.92 Å². The third-order valence-electron chi connectivity index (χ3n) is 2.50. The summed E-state index contributed by atoms with van der Waals surface area (Å²) in [6, 6.07) is 7.34. The molecule has 0 radical (unpaired) electrons. The van der Waals surface area contributed by atoms with Crippen molar-refractivity contribution in [3.8, 4) is 5.69 Å². The Morgan fingerprint density at radius 1 is 1.44 bits per heavy atom. The van der Waals surface area contributed by atoms with Gasteiger partial charge in [-0.05, 0) is 24.3 Å². The van der Waals surface area contributed by atoms with Crippen LogP contribution in [0.15, 0.2) is 36.9 Å². The molecule has 94 valence electrons. The van der Waals surface area contributed by atoms with Crippen LogP contribution in [-0.2, 0) is 4.79 Å². The number of carbonyl (C=O) groups excluding carboxylic acids is 1. The summed E-state index contributed by atoms with van der Waals surface area (Å²) >= 11 is 5.63. The van der Waals surface area contributed by atoms with E-state index in [2.05, 4.69) is 15.4 Å². The third kappa shape index (κ3) is 2.87. The first-order chi connectivity index (χ1) is 8.70. The number of nitrogens with zero attached hydrogens (tertiary/aromatic N) is 3. The number of aromatic nitrogens is 3. The number of hydrogen-bond donors (Lipinski definition) is 1. The molecule has 0 bridgehead atoms. The number of anilines is 1. The Bertz CT molecular complexity index is 509. The Hall–Kier alpha value is -1.88. The average Bonchev–Trinajstić information content (AvgIpc) is 2.92. The van der Waals surface area contributed by atoms with Crippen LogP contribution in [0.25, 0.3) is 5.69 Å². The molecule has 1 aromatic carbocycles. The van der Waals surface area contributed by atoms with Crippen LogP contribution in [0.1, 0.15) is 6.92 Å². The van der Waals surface area contributed by atoms with Crippen LogP contribution >= 0.6 is 11.6 Å². The van der Waals surface area contributed by atoms with Crippen LogP contribution in [0.3, 0.4) is 0 Å². The molecule has 1 unspecified atom stereocenters. The summed E-state index contributed by atoms with van der Waals surface area (Å²) in [6.07, 6.45) is 3.08. The fourth-order valence-corrected chi connectivity index (χ4v) is 1.51. The molecule has 0 saturated carbocycles. The maximum Gasteiger partial charge on any atom is 0.228 e. The number of halogens is 1. The smallest absolute Gasteiger partial charge is 0.228 e. The zero-order valence-corrected chi connectivity index (χ0v) is 10.6. The molecule has 1 aromatic heterocycles. The van der Waals surface area contributed by atoms with Gasteiger partial charge in [-0.1, -0.05) is 6.92 Å². The van der Waals surface area contributed by atoms with Crippen LogP contribution < -0.4 is 5.32 Å². The first-order valence-electron chi connectivity index (χ1n) is 5.52. The highest BCUT2D eigenvalue weighted by atomic mass is 35.5. The van der Waals surface area contributed by atoms with Gasteiger partial charge in [0, 0.05) is 17.5 Å². The standard InChI is InChI=1S/C12H13ClN4O/c1-9(6-13)12(18)16-10-2-4-11(5-3-10)17-8-14-7-15-17/h2-5,7-9H,6H2,1H3,(H,16,18). The lowest BCUT2D eigenvalue weighted by Crippen LogP contribution is -2.21. The Balaban J connectivity index is 2.06. The Labute approximate surface area is 110 Å². The maximum absolute atomic E-state index is 11.6. The number of carbonyl (C=O) groups is 1. The van der Waals surface area contributed by atoms with E-state index in [1.54, 1.807) is 17.9 Å². The third-order valence-corrected chi connectivity index (χ3v) is 2.96. The SMILES string of the molecule is CC(CCl)C(=O)Nc1ccc(-n2cncn2)cc1. The molecule has 1 amide bonds. The van der Waals surface area contributed by atoms with Gasteiger partial charge in [0.15, 0.2) is 0 Å². The Kier molecular flexibility index (Phi) is 3.94. The first-order valence-corrected chi connectivity index (χ1v) is 6.06. The fraction of sp³-hybridized carbons (Fsp3) is 0.250. The second-order valence-corrected chi connectivity index (χ2v) is 4.24. The van der Waals surface area contributed by atoms with Crippen LogP contribution in [0.2, 0.25) is 0 Å². The summed E-state index contributed by atoms with van der Waals surface area (Å²) in [5.74, 6) is 0.0169. The Morgan fingerprint density at radius 2 is 2.17 bits per heavy atom. The van der Waals surface area contributed by atoms with Gasteiger partial charge in [0.25, 0.3) is 0 Å². The number of hydrogen-bond acceptors (Lipinski definition) is 3. The van der Waals surface area contributed by atoms with Gasteiger partial charge in [-0.15, -0.1) is 11.6 Å². The average molecular weight is 265 g/mol.